The number of hydrogen-bond donors (Lipinski definition) is 0. The zero-order chi connectivity index (χ0) is 16.2. The predicted molar refractivity (Wildman–Crippen MR) is 62.2 cm³/mol. The fraction of sp³-hybridized carbons (Fsp3) is 0.455. The van der Waals surface area contributed by atoms with Gasteiger partial charge in [-0.3, -0.25) is 4.31 Å². The summed E-state index contributed by atoms with van der Waals surface area (Å²) in [5.74, 6) is 0. The van der Waals surface area contributed by atoms with Crippen molar-refractivity contribution >= 4 is 15.7 Å². The number of benzene rings is 1. The van der Waals surface area contributed by atoms with Crippen molar-refractivity contribution in [1.29, 1.82) is 0 Å². The summed E-state index contributed by atoms with van der Waals surface area (Å²) < 4.78 is 99.6. The lowest BCUT2D eigenvalue weighted by atomic mass is 10.0. The molecule has 0 bridgehead atoms. The van der Waals surface area contributed by atoms with Crippen molar-refractivity contribution < 1.29 is 34.8 Å². The Kier molecular flexibility index (Phi) is 3.43. The standard InChI is InChI=1S/C11H9F6NO2S/c1-18-8-4-6(11(15,16)17)2-3-7(8)9(21(18,19)20)5-10(12,13)14/h2-4,9H,5H2,1H3. The normalized spacial score (nSPS) is 21.5. The number of rotatable bonds is 1. The molecule has 1 unspecified atom stereocenters. The van der Waals surface area contributed by atoms with Crippen molar-refractivity contribution in [2.75, 3.05) is 11.4 Å². The van der Waals surface area contributed by atoms with Gasteiger partial charge in [-0.15, -0.1) is 0 Å². The van der Waals surface area contributed by atoms with E-state index < -0.39 is 39.6 Å². The van der Waals surface area contributed by atoms with Gasteiger partial charge in [-0.2, -0.15) is 26.3 Å². The average molecular weight is 333 g/mol. The molecule has 0 saturated carbocycles. The molecule has 2 rings (SSSR count). The van der Waals surface area contributed by atoms with Crippen molar-refractivity contribution in [3.8, 4) is 0 Å². The van der Waals surface area contributed by atoms with Gasteiger partial charge in [0.25, 0.3) is 0 Å². The van der Waals surface area contributed by atoms with Gasteiger partial charge in [0.05, 0.1) is 17.7 Å². The highest BCUT2D eigenvalue weighted by Gasteiger charge is 2.48. The van der Waals surface area contributed by atoms with Crippen LogP contribution in [0.2, 0.25) is 0 Å². The molecule has 21 heavy (non-hydrogen) atoms. The van der Waals surface area contributed by atoms with Crippen LogP contribution in [-0.4, -0.2) is 21.6 Å². The van der Waals surface area contributed by atoms with E-state index in [4.69, 9.17) is 0 Å². The SMILES string of the molecule is CN1c2cc(C(F)(F)F)ccc2C(CC(F)(F)F)S1(=O)=O. The third-order valence-corrected chi connectivity index (χ3v) is 5.30. The van der Waals surface area contributed by atoms with Gasteiger partial charge in [0.2, 0.25) is 10.0 Å². The topological polar surface area (TPSA) is 37.4 Å². The van der Waals surface area contributed by atoms with E-state index in [1.54, 1.807) is 0 Å². The summed E-state index contributed by atoms with van der Waals surface area (Å²) >= 11 is 0. The van der Waals surface area contributed by atoms with Gasteiger partial charge in [-0.05, 0) is 17.7 Å². The Hall–Kier alpha value is -1.45. The van der Waals surface area contributed by atoms with Crippen molar-refractivity contribution in [1.82, 2.24) is 0 Å². The Balaban J connectivity index is 2.56. The Bertz CT molecular complexity index is 664. The van der Waals surface area contributed by atoms with Crippen LogP contribution >= 0.6 is 0 Å². The molecule has 0 amide bonds. The highest BCUT2D eigenvalue weighted by Crippen LogP contribution is 2.48. The first-order valence-corrected chi connectivity index (χ1v) is 7.10. The summed E-state index contributed by atoms with van der Waals surface area (Å²) in [6.07, 6.45) is -11.1. The number of fused-ring (bicyclic) bond motifs is 1. The minimum Gasteiger partial charge on any atom is -0.272 e. The third-order valence-electron chi connectivity index (χ3n) is 3.20. The van der Waals surface area contributed by atoms with Crippen LogP contribution in [0, 0.1) is 0 Å². The quantitative estimate of drug-likeness (QED) is 0.738. The second kappa shape index (κ2) is 4.52. The van der Waals surface area contributed by atoms with E-state index in [1.165, 1.54) is 0 Å². The molecule has 1 aliphatic rings. The first-order chi connectivity index (χ1) is 9.34. The van der Waals surface area contributed by atoms with Gasteiger partial charge >= 0.3 is 12.4 Å². The largest absolute Gasteiger partial charge is 0.416 e. The molecule has 0 N–H and O–H groups in total. The third kappa shape index (κ3) is 2.81. The summed E-state index contributed by atoms with van der Waals surface area (Å²) in [6, 6.07) is 1.91. The molecular formula is C11H9F6NO2S. The molecule has 10 heteroatoms. The number of sulfonamides is 1. The minimum absolute atomic E-state index is 0.275. The van der Waals surface area contributed by atoms with Gasteiger partial charge in [-0.1, -0.05) is 6.07 Å². The molecular weight excluding hydrogens is 324 g/mol. The van der Waals surface area contributed by atoms with E-state index in [0.29, 0.717) is 16.4 Å². The number of nitrogens with zero attached hydrogens (tertiary/aromatic N) is 1. The summed E-state index contributed by atoms with van der Waals surface area (Å²) in [4.78, 5) is 0. The molecule has 1 atom stereocenters. The highest BCUT2D eigenvalue weighted by molar-refractivity contribution is 7.93. The first-order valence-electron chi connectivity index (χ1n) is 5.59. The Morgan fingerprint density at radius 2 is 1.71 bits per heavy atom. The molecule has 1 aromatic carbocycles. The van der Waals surface area contributed by atoms with Crippen molar-refractivity contribution in [3.63, 3.8) is 0 Å². The molecule has 1 aromatic rings. The molecule has 0 spiro atoms. The predicted octanol–water partition coefficient (Wildman–Crippen LogP) is 3.48. The fourth-order valence-electron chi connectivity index (χ4n) is 2.18. The Morgan fingerprint density at radius 3 is 2.19 bits per heavy atom. The number of halogens is 6. The maximum absolute atomic E-state index is 12.6. The number of anilines is 1. The molecule has 0 saturated heterocycles. The van der Waals surface area contributed by atoms with Crippen LogP contribution in [-0.2, 0) is 16.2 Å². The highest BCUT2D eigenvalue weighted by atomic mass is 32.2. The maximum Gasteiger partial charge on any atom is 0.416 e. The second-order valence-electron chi connectivity index (χ2n) is 4.59. The summed E-state index contributed by atoms with van der Waals surface area (Å²) in [5, 5.41) is -1.92. The Labute approximate surface area is 116 Å². The molecule has 1 heterocycles. The first kappa shape index (κ1) is 15.9. The van der Waals surface area contributed by atoms with Gasteiger partial charge in [0.1, 0.15) is 5.25 Å². The van der Waals surface area contributed by atoms with E-state index >= 15 is 0 Å². The smallest absolute Gasteiger partial charge is 0.272 e. The summed E-state index contributed by atoms with van der Waals surface area (Å²) in [7, 11) is -3.44. The lowest BCUT2D eigenvalue weighted by molar-refractivity contribution is -0.138. The molecule has 3 nitrogen and oxygen atoms in total. The van der Waals surface area contributed by atoms with Crippen LogP contribution in [0.3, 0.4) is 0 Å². The summed E-state index contributed by atoms with van der Waals surface area (Å²) in [5.41, 5.74) is -1.77. The van der Waals surface area contributed by atoms with Crippen molar-refractivity contribution in [2.45, 2.75) is 24.0 Å². The average Bonchev–Trinajstić information content (AvgIpc) is 2.48. The molecule has 0 aliphatic carbocycles. The Morgan fingerprint density at radius 1 is 1.14 bits per heavy atom. The number of alkyl halides is 6. The molecule has 0 fully saturated rings. The van der Waals surface area contributed by atoms with Crippen LogP contribution in [0.4, 0.5) is 32.0 Å². The zero-order valence-corrected chi connectivity index (χ0v) is 11.3. The number of hydrogen-bond acceptors (Lipinski definition) is 2. The van der Waals surface area contributed by atoms with Crippen molar-refractivity contribution in [3.05, 3.63) is 29.3 Å². The lowest BCUT2D eigenvalue weighted by Gasteiger charge is -2.15. The van der Waals surface area contributed by atoms with E-state index in [1.807, 2.05) is 0 Å². The van der Waals surface area contributed by atoms with Crippen LogP contribution in [0.1, 0.15) is 22.8 Å². The fourth-order valence-corrected chi connectivity index (χ4v) is 3.91. The minimum atomic E-state index is -4.75. The van der Waals surface area contributed by atoms with Gasteiger partial charge < -0.3 is 0 Å². The lowest BCUT2D eigenvalue weighted by Crippen LogP contribution is -2.27. The van der Waals surface area contributed by atoms with Crippen molar-refractivity contribution in [2.24, 2.45) is 0 Å². The maximum atomic E-state index is 12.6. The molecule has 118 valence electrons. The molecule has 0 aromatic heterocycles. The second-order valence-corrected chi connectivity index (χ2v) is 6.74. The van der Waals surface area contributed by atoms with E-state index in [0.717, 1.165) is 13.1 Å². The van der Waals surface area contributed by atoms with Crippen LogP contribution < -0.4 is 4.31 Å². The van der Waals surface area contributed by atoms with Gasteiger partial charge in [0.15, 0.2) is 0 Å². The van der Waals surface area contributed by atoms with E-state index in [9.17, 15) is 34.8 Å². The molecule has 0 radical (unpaired) electrons. The zero-order valence-electron chi connectivity index (χ0n) is 10.5. The van der Waals surface area contributed by atoms with Gasteiger partial charge in [0, 0.05) is 7.05 Å². The van der Waals surface area contributed by atoms with Gasteiger partial charge in [-0.25, -0.2) is 8.42 Å². The van der Waals surface area contributed by atoms with Crippen LogP contribution in [0.25, 0.3) is 0 Å². The van der Waals surface area contributed by atoms with Crippen LogP contribution in [0.5, 0.6) is 0 Å². The monoisotopic (exact) mass is 333 g/mol. The van der Waals surface area contributed by atoms with E-state index in [-0.39, 0.29) is 11.3 Å². The summed E-state index contributed by atoms with van der Waals surface area (Å²) in [6.45, 7) is 0. The van der Waals surface area contributed by atoms with Crippen LogP contribution in [0.15, 0.2) is 18.2 Å². The molecule has 1 aliphatic heterocycles. The van der Waals surface area contributed by atoms with E-state index in [2.05, 4.69) is 0 Å².